The SMILES string of the molecule is CC.CCCC.Cc1cc(C)c(-n2ccnc2-c2ccccc2C(C)C)c(C)c1. The molecule has 0 radical (unpaired) electrons. The van der Waals surface area contributed by atoms with E-state index in [1.165, 1.54) is 46.3 Å². The van der Waals surface area contributed by atoms with E-state index in [1.807, 2.05) is 20.0 Å². The van der Waals surface area contributed by atoms with E-state index >= 15 is 0 Å². The Morgan fingerprint density at radius 2 is 1.45 bits per heavy atom. The molecule has 3 aromatic rings. The Kier molecular flexibility index (Phi) is 10.4. The Morgan fingerprint density at radius 1 is 0.897 bits per heavy atom. The maximum atomic E-state index is 4.67. The van der Waals surface area contributed by atoms with Crippen LogP contribution in [0.3, 0.4) is 0 Å². The van der Waals surface area contributed by atoms with Crippen LogP contribution >= 0.6 is 0 Å². The molecule has 1 heterocycles. The summed E-state index contributed by atoms with van der Waals surface area (Å²) in [6, 6.07) is 13.0. The summed E-state index contributed by atoms with van der Waals surface area (Å²) in [5.41, 5.74) is 7.65. The molecule has 0 N–H and O–H groups in total. The third-order valence-corrected chi connectivity index (χ3v) is 4.84. The first kappa shape index (κ1) is 24.7. The number of hydrogen-bond donors (Lipinski definition) is 0. The van der Waals surface area contributed by atoms with Gasteiger partial charge in [-0.1, -0.05) is 96.3 Å². The lowest BCUT2D eigenvalue weighted by atomic mass is 9.96. The van der Waals surface area contributed by atoms with Crippen LogP contribution in [0.2, 0.25) is 0 Å². The monoisotopic (exact) mass is 392 g/mol. The van der Waals surface area contributed by atoms with Crippen molar-refractivity contribution in [1.29, 1.82) is 0 Å². The van der Waals surface area contributed by atoms with Gasteiger partial charge in [0.1, 0.15) is 5.82 Å². The maximum absolute atomic E-state index is 4.67. The normalized spacial score (nSPS) is 10.1. The Bertz CT molecular complexity index is 847. The third kappa shape index (κ3) is 6.32. The molecule has 2 nitrogen and oxygen atoms in total. The molecule has 2 heteroatoms. The third-order valence-electron chi connectivity index (χ3n) is 4.84. The molecule has 0 saturated carbocycles. The summed E-state index contributed by atoms with van der Waals surface area (Å²) in [5.74, 6) is 1.49. The van der Waals surface area contributed by atoms with Crippen LogP contribution < -0.4 is 0 Å². The summed E-state index contributed by atoms with van der Waals surface area (Å²) in [6.07, 6.45) is 6.60. The molecule has 158 valence electrons. The summed E-state index contributed by atoms with van der Waals surface area (Å²) in [7, 11) is 0. The predicted molar refractivity (Wildman–Crippen MR) is 129 cm³/mol. The molecule has 0 spiro atoms. The van der Waals surface area contributed by atoms with Crippen molar-refractivity contribution < 1.29 is 0 Å². The second kappa shape index (κ2) is 12.3. The minimum atomic E-state index is 0.469. The molecule has 2 aromatic carbocycles. The van der Waals surface area contributed by atoms with Crippen molar-refractivity contribution in [1.82, 2.24) is 9.55 Å². The van der Waals surface area contributed by atoms with Crippen molar-refractivity contribution in [3.8, 4) is 17.1 Å². The maximum Gasteiger partial charge on any atom is 0.144 e. The van der Waals surface area contributed by atoms with Crippen LogP contribution in [0.1, 0.15) is 82.6 Å². The second-order valence-electron chi connectivity index (χ2n) is 7.61. The van der Waals surface area contributed by atoms with E-state index in [0.717, 1.165) is 5.82 Å². The zero-order valence-corrected chi connectivity index (χ0v) is 20.0. The zero-order chi connectivity index (χ0) is 22.0. The lowest BCUT2D eigenvalue weighted by Crippen LogP contribution is -2.04. The van der Waals surface area contributed by atoms with E-state index in [4.69, 9.17) is 0 Å². The van der Waals surface area contributed by atoms with Gasteiger partial charge in [0.05, 0.1) is 5.69 Å². The molecule has 3 rings (SSSR count). The van der Waals surface area contributed by atoms with Crippen LogP contribution in [-0.2, 0) is 0 Å². The molecule has 0 aliphatic heterocycles. The highest BCUT2D eigenvalue weighted by Crippen LogP contribution is 2.31. The molecule has 0 unspecified atom stereocenters. The summed E-state index contributed by atoms with van der Waals surface area (Å²) in [6.45, 7) is 19.3. The van der Waals surface area contributed by atoms with Crippen LogP contribution in [0.15, 0.2) is 48.8 Å². The molecule has 0 aliphatic carbocycles. The van der Waals surface area contributed by atoms with Gasteiger partial charge in [0.25, 0.3) is 0 Å². The fourth-order valence-corrected chi connectivity index (χ4v) is 3.44. The van der Waals surface area contributed by atoms with Gasteiger partial charge >= 0.3 is 0 Å². The molecule has 0 fully saturated rings. The minimum absolute atomic E-state index is 0.469. The lowest BCUT2D eigenvalue weighted by molar-refractivity contribution is 0.864. The topological polar surface area (TPSA) is 17.8 Å². The van der Waals surface area contributed by atoms with E-state index in [-0.39, 0.29) is 0 Å². The van der Waals surface area contributed by atoms with Crippen LogP contribution in [-0.4, -0.2) is 9.55 Å². The minimum Gasteiger partial charge on any atom is -0.299 e. The van der Waals surface area contributed by atoms with Gasteiger partial charge in [-0.05, 0) is 43.4 Å². The Hall–Kier alpha value is -2.35. The average Bonchev–Trinajstić information content (AvgIpc) is 3.18. The molecular formula is C27H40N2. The van der Waals surface area contributed by atoms with Crippen molar-refractivity contribution in [2.24, 2.45) is 0 Å². The van der Waals surface area contributed by atoms with Crippen molar-refractivity contribution in [2.75, 3.05) is 0 Å². The number of imidazole rings is 1. The summed E-state index contributed by atoms with van der Waals surface area (Å²) < 4.78 is 2.23. The van der Waals surface area contributed by atoms with E-state index in [2.05, 4.69) is 101 Å². The van der Waals surface area contributed by atoms with E-state index in [0.29, 0.717) is 5.92 Å². The standard InChI is InChI=1S/C21H24N2.C4H10.C2H6/c1-14(2)18-8-6-7-9-19(18)21-22-10-11-23(21)20-16(4)12-15(3)13-17(20)5;1-3-4-2;1-2/h6-14H,1-5H3;3-4H2,1-2H3;1-2H3. The number of benzene rings is 2. The van der Waals surface area contributed by atoms with Gasteiger partial charge in [-0.2, -0.15) is 0 Å². The Balaban J connectivity index is 0.000000627. The fraction of sp³-hybridized carbons (Fsp3) is 0.444. The molecule has 29 heavy (non-hydrogen) atoms. The largest absolute Gasteiger partial charge is 0.299 e. The van der Waals surface area contributed by atoms with Crippen molar-refractivity contribution in [3.63, 3.8) is 0 Å². The average molecular weight is 393 g/mol. The number of unbranched alkanes of at least 4 members (excludes halogenated alkanes) is 1. The Morgan fingerprint density at radius 3 is 1.97 bits per heavy atom. The smallest absolute Gasteiger partial charge is 0.144 e. The molecule has 1 aromatic heterocycles. The molecule has 0 amide bonds. The van der Waals surface area contributed by atoms with E-state index in [9.17, 15) is 0 Å². The van der Waals surface area contributed by atoms with Crippen LogP contribution in [0.25, 0.3) is 17.1 Å². The molecule has 0 saturated heterocycles. The van der Waals surface area contributed by atoms with E-state index in [1.54, 1.807) is 0 Å². The first-order chi connectivity index (χ1) is 13.9. The molecule has 0 atom stereocenters. The van der Waals surface area contributed by atoms with Gasteiger partial charge in [-0.25, -0.2) is 4.98 Å². The van der Waals surface area contributed by atoms with Crippen molar-refractivity contribution in [3.05, 3.63) is 71.0 Å². The summed E-state index contributed by atoms with van der Waals surface area (Å²) >= 11 is 0. The van der Waals surface area contributed by atoms with Gasteiger partial charge in [0, 0.05) is 18.0 Å². The first-order valence-corrected chi connectivity index (χ1v) is 11.1. The zero-order valence-electron chi connectivity index (χ0n) is 20.0. The summed E-state index contributed by atoms with van der Waals surface area (Å²) in [4.78, 5) is 4.67. The van der Waals surface area contributed by atoms with Crippen LogP contribution in [0.4, 0.5) is 0 Å². The number of hydrogen-bond acceptors (Lipinski definition) is 1. The Labute approximate surface area is 179 Å². The fourth-order valence-electron chi connectivity index (χ4n) is 3.44. The predicted octanol–water partition coefficient (Wildman–Crippen LogP) is 8.42. The second-order valence-corrected chi connectivity index (χ2v) is 7.61. The summed E-state index contributed by atoms with van der Waals surface area (Å²) in [5, 5.41) is 0. The number of nitrogens with zero attached hydrogens (tertiary/aromatic N) is 2. The lowest BCUT2D eigenvalue weighted by Gasteiger charge is -2.17. The van der Waals surface area contributed by atoms with Crippen LogP contribution in [0.5, 0.6) is 0 Å². The quantitative estimate of drug-likeness (QED) is 0.435. The highest BCUT2D eigenvalue weighted by Gasteiger charge is 2.16. The van der Waals surface area contributed by atoms with Crippen molar-refractivity contribution >= 4 is 0 Å². The molecule has 0 bridgehead atoms. The van der Waals surface area contributed by atoms with Gasteiger partial charge in [-0.15, -0.1) is 0 Å². The first-order valence-electron chi connectivity index (χ1n) is 11.1. The van der Waals surface area contributed by atoms with Crippen molar-refractivity contribution in [2.45, 2.75) is 81.1 Å². The number of rotatable bonds is 4. The highest BCUT2D eigenvalue weighted by atomic mass is 15.1. The van der Waals surface area contributed by atoms with E-state index < -0.39 is 0 Å². The molecular weight excluding hydrogens is 352 g/mol. The van der Waals surface area contributed by atoms with Gasteiger partial charge in [0.2, 0.25) is 0 Å². The van der Waals surface area contributed by atoms with Crippen LogP contribution in [0, 0.1) is 20.8 Å². The van der Waals surface area contributed by atoms with Gasteiger partial charge < -0.3 is 0 Å². The number of aryl methyl sites for hydroxylation is 3. The highest BCUT2D eigenvalue weighted by molar-refractivity contribution is 5.65. The molecule has 0 aliphatic rings. The van der Waals surface area contributed by atoms with Gasteiger partial charge in [0.15, 0.2) is 0 Å². The van der Waals surface area contributed by atoms with Gasteiger partial charge in [-0.3, -0.25) is 4.57 Å². The number of aromatic nitrogens is 2.